The average molecular weight is 376 g/mol. The number of benzene rings is 2. The first kappa shape index (κ1) is 19.3. The van der Waals surface area contributed by atoms with Gasteiger partial charge in [-0.25, -0.2) is 0 Å². The zero-order chi connectivity index (χ0) is 19.4. The highest BCUT2D eigenvalue weighted by atomic mass is 19.4. The summed E-state index contributed by atoms with van der Waals surface area (Å²) >= 11 is 0. The van der Waals surface area contributed by atoms with E-state index in [1.165, 1.54) is 12.1 Å². The van der Waals surface area contributed by atoms with Gasteiger partial charge in [-0.2, -0.15) is 13.2 Å². The number of anilines is 1. The summed E-state index contributed by atoms with van der Waals surface area (Å²) in [5.41, 5.74) is 0.908. The molecular weight excluding hydrogens is 353 g/mol. The summed E-state index contributed by atoms with van der Waals surface area (Å²) in [7, 11) is 0. The molecule has 1 atom stereocenters. The minimum absolute atomic E-state index is 0.0902. The third kappa shape index (κ3) is 4.43. The van der Waals surface area contributed by atoms with Crippen molar-refractivity contribution in [3.63, 3.8) is 0 Å². The van der Waals surface area contributed by atoms with Crippen molar-refractivity contribution in [1.29, 1.82) is 0 Å². The highest BCUT2D eigenvalue weighted by molar-refractivity contribution is 5.84. The van der Waals surface area contributed by atoms with E-state index in [9.17, 15) is 18.0 Å². The molecule has 0 unspecified atom stereocenters. The van der Waals surface area contributed by atoms with Gasteiger partial charge >= 0.3 is 6.18 Å². The van der Waals surface area contributed by atoms with Crippen LogP contribution < -0.4 is 4.90 Å². The fourth-order valence-electron chi connectivity index (χ4n) is 3.52. The van der Waals surface area contributed by atoms with E-state index in [1.807, 2.05) is 47.1 Å². The van der Waals surface area contributed by atoms with Gasteiger partial charge < -0.3 is 9.80 Å². The van der Waals surface area contributed by atoms with Crippen LogP contribution in [0, 0.1) is 0 Å². The molecule has 1 aliphatic rings. The highest BCUT2D eigenvalue weighted by Crippen LogP contribution is 2.32. The normalized spacial score (nSPS) is 16.3. The zero-order valence-electron chi connectivity index (χ0n) is 15.2. The molecule has 1 aliphatic heterocycles. The maximum atomic E-state index is 12.9. The van der Waals surface area contributed by atoms with Crippen molar-refractivity contribution in [3.8, 4) is 0 Å². The number of amides is 1. The molecule has 0 radical (unpaired) electrons. The Hall–Kier alpha value is -2.50. The van der Waals surface area contributed by atoms with Crippen LogP contribution in [0.3, 0.4) is 0 Å². The maximum Gasteiger partial charge on any atom is 0.416 e. The van der Waals surface area contributed by atoms with Gasteiger partial charge in [-0.3, -0.25) is 4.79 Å². The molecule has 1 amide bonds. The molecule has 144 valence electrons. The molecule has 2 aromatic rings. The van der Waals surface area contributed by atoms with E-state index in [1.54, 1.807) is 6.07 Å². The molecule has 0 saturated carbocycles. The smallest absolute Gasteiger partial charge is 0.368 e. The quantitative estimate of drug-likeness (QED) is 0.782. The molecule has 0 aliphatic carbocycles. The second kappa shape index (κ2) is 8.03. The monoisotopic (exact) mass is 376 g/mol. The second-order valence-electron chi connectivity index (χ2n) is 6.73. The number of halogens is 3. The van der Waals surface area contributed by atoms with Gasteiger partial charge in [-0.05, 0) is 30.2 Å². The number of rotatable bonds is 4. The molecule has 0 aromatic heterocycles. The largest absolute Gasteiger partial charge is 0.416 e. The lowest BCUT2D eigenvalue weighted by Gasteiger charge is -2.37. The van der Waals surface area contributed by atoms with Gasteiger partial charge in [0.15, 0.2) is 0 Å². The summed E-state index contributed by atoms with van der Waals surface area (Å²) in [6, 6.07) is 15.1. The van der Waals surface area contributed by atoms with Gasteiger partial charge in [0.2, 0.25) is 5.91 Å². The Morgan fingerprint density at radius 1 is 1.00 bits per heavy atom. The van der Waals surface area contributed by atoms with E-state index >= 15 is 0 Å². The number of alkyl halides is 3. The van der Waals surface area contributed by atoms with Crippen LogP contribution in [0.5, 0.6) is 0 Å². The lowest BCUT2D eigenvalue weighted by Crippen LogP contribution is -2.50. The summed E-state index contributed by atoms with van der Waals surface area (Å²) in [6.07, 6.45) is -3.63. The van der Waals surface area contributed by atoms with E-state index < -0.39 is 11.7 Å². The van der Waals surface area contributed by atoms with Crippen LogP contribution in [0.15, 0.2) is 54.6 Å². The van der Waals surface area contributed by atoms with Crippen molar-refractivity contribution in [1.82, 2.24) is 4.90 Å². The van der Waals surface area contributed by atoms with Crippen LogP contribution in [0.25, 0.3) is 0 Å². The minimum Gasteiger partial charge on any atom is -0.368 e. The fourth-order valence-corrected chi connectivity index (χ4v) is 3.52. The van der Waals surface area contributed by atoms with Crippen LogP contribution >= 0.6 is 0 Å². The van der Waals surface area contributed by atoms with Crippen molar-refractivity contribution >= 4 is 11.6 Å². The van der Waals surface area contributed by atoms with Gasteiger partial charge in [-0.15, -0.1) is 0 Å². The molecule has 3 rings (SSSR count). The molecule has 1 fully saturated rings. The summed E-state index contributed by atoms with van der Waals surface area (Å²) in [4.78, 5) is 16.6. The van der Waals surface area contributed by atoms with Crippen LogP contribution in [0.4, 0.5) is 18.9 Å². The molecule has 1 saturated heterocycles. The Balaban J connectivity index is 1.66. The predicted molar refractivity (Wildman–Crippen MR) is 99.7 cm³/mol. The predicted octanol–water partition coefficient (Wildman–Crippen LogP) is 4.55. The molecule has 1 heterocycles. The van der Waals surface area contributed by atoms with Gasteiger partial charge in [0.1, 0.15) is 0 Å². The minimum atomic E-state index is -4.35. The Kier molecular flexibility index (Phi) is 5.73. The average Bonchev–Trinajstić information content (AvgIpc) is 2.69. The molecule has 2 aromatic carbocycles. The van der Waals surface area contributed by atoms with E-state index in [0.29, 0.717) is 31.9 Å². The molecular formula is C21H23F3N2O. The van der Waals surface area contributed by atoms with Crippen LogP contribution in [-0.2, 0) is 11.0 Å². The third-order valence-corrected chi connectivity index (χ3v) is 5.04. The third-order valence-electron chi connectivity index (χ3n) is 5.04. The maximum absolute atomic E-state index is 12.9. The molecule has 0 spiro atoms. The number of carbonyl (C=O) groups is 1. The second-order valence-corrected chi connectivity index (χ2v) is 6.73. The van der Waals surface area contributed by atoms with Crippen molar-refractivity contribution < 1.29 is 18.0 Å². The van der Waals surface area contributed by atoms with E-state index in [-0.39, 0.29) is 11.8 Å². The number of nitrogens with zero attached hydrogens (tertiary/aromatic N) is 2. The molecule has 27 heavy (non-hydrogen) atoms. The number of hydrogen-bond acceptors (Lipinski definition) is 2. The van der Waals surface area contributed by atoms with Gasteiger partial charge in [0.05, 0.1) is 11.5 Å². The van der Waals surface area contributed by atoms with Gasteiger partial charge in [0, 0.05) is 31.9 Å². The lowest BCUT2D eigenvalue weighted by molar-refractivity contribution is -0.137. The summed E-state index contributed by atoms with van der Waals surface area (Å²) in [5.74, 6) is -0.0845. The molecule has 6 heteroatoms. The topological polar surface area (TPSA) is 23.6 Å². The van der Waals surface area contributed by atoms with E-state index in [2.05, 4.69) is 0 Å². The fraction of sp³-hybridized carbons (Fsp3) is 0.381. The SMILES string of the molecule is CC[C@H](C(=O)N1CCN(c2cccc(C(F)(F)F)c2)CC1)c1ccccc1. The molecule has 0 N–H and O–H groups in total. The molecule has 3 nitrogen and oxygen atoms in total. The first-order valence-electron chi connectivity index (χ1n) is 9.16. The van der Waals surface area contributed by atoms with Gasteiger partial charge in [-0.1, -0.05) is 43.3 Å². The molecule has 0 bridgehead atoms. The summed E-state index contributed by atoms with van der Waals surface area (Å²) in [6.45, 7) is 4.07. The Bertz CT molecular complexity index is 768. The first-order chi connectivity index (χ1) is 12.9. The lowest BCUT2D eigenvalue weighted by atomic mass is 9.95. The van der Waals surface area contributed by atoms with Crippen LogP contribution in [0.2, 0.25) is 0 Å². The number of carbonyl (C=O) groups excluding carboxylic acids is 1. The summed E-state index contributed by atoms with van der Waals surface area (Å²) in [5, 5.41) is 0. The zero-order valence-corrected chi connectivity index (χ0v) is 15.2. The van der Waals surface area contributed by atoms with Crippen molar-refractivity contribution in [2.75, 3.05) is 31.1 Å². The first-order valence-corrected chi connectivity index (χ1v) is 9.16. The highest BCUT2D eigenvalue weighted by Gasteiger charge is 2.32. The Labute approximate surface area is 157 Å². The Morgan fingerprint density at radius 2 is 1.67 bits per heavy atom. The van der Waals surface area contributed by atoms with Crippen molar-refractivity contribution in [2.45, 2.75) is 25.4 Å². The number of hydrogen-bond donors (Lipinski definition) is 0. The summed E-state index contributed by atoms with van der Waals surface area (Å²) < 4.78 is 38.8. The van der Waals surface area contributed by atoms with E-state index in [0.717, 1.165) is 18.1 Å². The standard InChI is InChI=1S/C21H23F3N2O/c1-2-19(16-7-4-3-5-8-16)20(27)26-13-11-25(12-14-26)18-10-6-9-17(15-18)21(22,23)24/h3-10,15,19H,2,11-14H2,1H3/t19-/m0/s1. The van der Waals surface area contributed by atoms with Gasteiger partial charge in [0.25, 0.3) is 0 Å². The number of piperazine rings is 1. The van der Waals surface area contributed by atoms with Crippen LogP contribution in [-0.4, -0.2) is 37.0 Å². The van der Waals surface area contributed by atoms with Crippen molar-refractivity contribution in [2.24, 2.45) is 0 Å². The van der Waals surface area contributed by atoms with Crippen molar-refractivity contribution in [3.05, 3.63) is 65.7 Å². The van der Waals surface area contributed by atoms with Crippen LogP contribution in [0.1, 0.15) is 30.4 Å². The van der Waals surface area contributed by atoms with E-state index in [4.69, 9.17) is 0 Å². The Morgan fingerprint density at radius 3 is 2.26 bits per heavy atom.